The van der Waals surface area contributed by atoms with Crippen LogP contribution < -0.4 is 5.73 Å². The maximum absolute atomic E-state index is 5.91. The molecule has 2 atom stereocenters. The van der Waals surface area contributed by atoms with Gasteiger partial charge in [0.2, 0.25) is 11.7 Å². The summed E-state index contributed by atoms with van der Waals surface area (Å²) in [7, 11) is 0. The molecule has 1 fully saturated rings. The van der Waals surface area contributed by atoms with E-state index in [9.17, 15) is 0 Å². The fourth-order valence-electron chi connectivity index (χ4n) is 2.10. The Morgan fingerprint density at radius 2 is 2.37 bits per heavy atom. The highest BCUT2D eigenvalue weighted by Crippen LogP contribution is 2.22. The largest absolute Gasteiger partial charge is 0.367 e. The minimum atomic E-state index is -0.288. The van der Waals surface area contributed by atoms with Gasteiger partial charge in [0.15, 0.2) is 0 Å². The van der Waals surface area contributed by atoms with E-state index in [0.717, 1.165) is 13.1 Å². The summed E-state index contributed by atoms with van der Waals surface area (Å²) >= 11 is 0. The third kappa shape index (κ3) is 3.40. The molecule has 1 aliphatic heterocycles. The molecule has 106 valence electrons. The summed E-state index contributed by atoms with van der Waals surface area (Å²) in [5.74, 6) is 1.03. The fourth-order valence-corrected chi connectivity index (χ4v) is 2.10. The van der Waals surface area contributed by atoms with Crippen molar-refractivity contribution < 1.29 is 9.26 Å². The van der Waals surface area contributed by atoms with E-state index in [-0.39, 0.29) is 12.1 Å². The SMILES string of the molecule is C=CCC(N)c1nc(C2CN(C(C)C)CCO2)no1. The zero-order chi connectivity index (χ0) is 13.8. The number of ether oxygens (including phenoxy) is 1. The van der Waals surface area contributed by atoms with Crippen LogP contribution in [-0.2, 0) is 4.74 Å². The summed E-state index contributed by atoms with van der Waals surface area (Å²) in [5.41, 5.74) is 5.91. The molecule has 0 amide bonds. The van der Waals surface area contributed by atoms with Crippen molar-refractivity contribution in [3.05, 3.63) is 24.4 Å². The molecule has 0 aromatic carbocycles. The lowest BCUT2D eigenvalue weighted by atomic mass is 10.2. The van der Waals surface area contributed by atoms with Crippen LogP contribution in [0.4, 0.5) is 0 Å². The predicted molar refractivity (Wildman–Crippen MR) is 71.4 cm³/mol. The quantitative estimate of drug-likeness (QED) is 0.812. The molecular weight excluding hydrogens is 244 g/mol. The van der Waals surface area contributed by atoms with Gasteiger partial charge in [0.05, 0.1) is 12.6 Å². The molecule has 0 saturated carbocycles. The first kappa shape index (κ1) is 14.2. The monoisotopic (exact) mass is 266 g/mol. The number of aromatic nitrogens is 2. The molecule has 1 aliphatic rings. The number of morpholine rings is 1. The van der Waals surface area contributed by atoms with Gasteiger partial charge in [-0.05, 0) is 20.3 Å². The molecule has 1 saturated heterocycles. The Kier molecular flexibility index (Phi) is 4.68. The van der Waals surface area contributed by atoms with Crippen LogP contribution in [-0.4, -0.2) is 40.8 Å². The predicted octanol–water partition coefficient (Wildman–Crippen LogP) is 1.43. The highest BCUT2D eigenvalue weighted by atomic mass is 16.5. The minimum Gasteiger partial charge on any atom is -0.367 e. The highest BCUT2D eigenvalue weighted by Gasteiger charge is 2.28. The van der Waals surface area contributed by atoms with Gasteiger partial charge in [-0.1, -0.05) is 11.2 Å². The van der Waals surface area contributed by atoms with Crippen molar-refractivity contribution in [1.29, 1.82) is 0 Å². The van der Waals surface area contributed by atoms with Crippen molar-refractivity contribution in [3.8, 4) is 0 Å². The Balaban J connectivity index is 2.03. The van der Waals surface area contributed by atoms with E-state index in [1.54, 1.807) is 6.08 Å². The summed E-state index contributed by atoms with van der Waals surface area (Å²) in [4.78, 5) is 6.69. The first-order chi connectivity index (χ1) is 9.11. The van der Waals surface area contributed by atoms with Crippen molar-refractivity contribution >= 4 is 0 Å². The minimum absolute atomic E-state index is 0.135. The molecule has 0 radical (unpaired) electrons. The molecule has 2 unspecified atom stereocenters. The van der Waals surface area contributed by atoms with E-state index in [0.29, 0.717) is 30.8 Å². The second-order valence-electron chi connectivity index (χ2n) is 5.07. The first-order valence-electron chi connectivity index (χ1n) is 6.67. The van der Waals surface area contributed by atoms with Gasteiger partial charge in [-0.25, -0.2) is 0 Å². The summed E-state index contributed by atoms with van der Waals surface area (Å²) in [5, 5.41) is 3.98. The third-order valence-corrected chi connectivity index (χ3v) is 3.31. The highest BCUT2D eigenvalue weighted by molar-refractivity contribution is 4.98. The zero-order valence-corrected chi connectivity index (χ0v) is 11.6. The van der Waals surface area contributed by atoms with Crippen LogP contribution in [0.5, 0.6) is 0 Å². The second-order valence-corrected chi connectivity index (χ2v) is 5.07. The smallest absolute Gasteiger partial charge is 0.243 e. The third-order valence-electron chi connectivity index (χ3n) is 3.31. The molecule has 2 heterocycles. The number of nitrogens with zero attached hydrogens (tertiary/aromatic N) is 3. The first-order valence-corrected chi connectivity index (χ1v) is 6.67. The van der Waals surface area contributed by atoms with Crippen molar-refractivity contribution in [1.82, 2.24) is 15.0 Å². The topological polar surface area (TPSA) is 77.4 Å². The molecule has 19 heavy (non-hydrogen) atoms. The lowest BCUT2D eigenvalue weighted by Crippen LogP contribution is -2.42. The maximum atomic E-state index is 5.91. The number of hydrogen-bond acceptors (Lipinski definition) is 6. The molecule has 0 aliphatic carbocycles. The molecule has 1 aromatic heterocycles. The van der Waals surface area contributed by atoms with E-state index >= 15 is 0 Å². The average Bonchev–Trinajstić information content (AvgIpc) is 2.89. The normalized spacial score (nSPS) is 22.6. The van der Waals surface area contributed by atoms with Crippen LogP contribution in [0.3, 0.4) is 0 Å². The van der Waals surface area contributed by atoms with Gasteiger partial charge in [0, 0.05) is 19.1 Å². The summed E-state index contributed by atoms with van der Waals surface area (Å²) in [6.45, 7) is 10.4. The zero-order valence-electron chi connectivity index (χ0n) is 11.6. The van der Waals surface area contributed by atoms with Crippen molar-refractivity contribution in [2.24, 2.45) is 5.73 Å². The molecule has 2 N–H and O–H groups in total. The second kappa shape index (κ2) is 6.27. The van der Waals surface area contributed by atoms with Crippen molar-refractivity contribution in [2.75, 3.05) is 19.7 Å². The fraction of sp³-hybridized carbons (Fsp3) is 0.692. The van der Waals surface area contributed by atoms with Gasteiger partial charge < -0.3 is 15.0 Å². The number of nitrogens with two attached hydrogens (primary N) is 1. The van der Waals surface area contributed by atoms with Crippen molar-refractivity contribution in [2.45, 2.75) is 38.5 Å². The summed E-state index contributed by atoms with van der Waals surface area (Å²) in [6, 6.07) is 0.198. The standard InChI is InChI=1S/C13H22N4O2/c1-4-5-10(14)13-15-12(16-19-13)11-8-17(9(2)3)6-7-18-11/h4,9-11H,1,5-8,14H2,2-3H3. The molecule has 6 heteroatoms. The van der Waals surface area contributed by atoms with Crippen LogP contribution in [0.1, 0.15) is 44.1 Å². The molecular formula is C13H22N4O2. The maximum Gasteiger partial charge on any atom is 0.243 e. The van der Waals surface area contributed by atoms with Crippen LogP contribution in [0.15, 0.2) is 17.2 Å². The van der Waals surface area contributed by atoms with Crippen LogP contribution in [0, 0.1) is 0 Å². The lowest BCUT2D eigenvalue weighted by Gasteiger charge is -2.34. The lowest BCUT2D eigenvalue weighted by molar-refractivity contribution is -0.0450. The van der Waals surface area contributed by atoms with Crippen LogP contribution in [0.25, 0.3) is 0 Å². The Hall–Kier alpha value is -1.24. The molecule has 0 spiro atoms. The number of rotatable bonds is 5. The number of hydrogen-bond donors (Lipinski definition) is 1. The van der Waals surface area contributed by atoms with E-state index in [1.807, 2.05) is 0 Å². The van der Waals surface area contributed by atoms with Gasteiger partial charge in [0.1, 0.15) is 6.10 Å². The van der Waals surface area contributed by atoms with E-state index in [2.05, 4.69) is 35.5 Å². The van der Waals surface area contributed by atoms with Gasteiger partial charge in [0.25, 0.3) is 0 Å². The van der Waals surface area contributed by atoms with Crippen LogP contribution >= 0.6 is 0 Å². The van der Waals surface area contributed by atoms with Gasteiger partial charge in [-0.3, -0.25) is 4.90 Å². The molecule has 1 aromatic rings. The Labute approximate surface area is 113 Å². The average molecular weight is 266 g/mol. The van der Waals surface area contributed by atoms with E-state index < -0.39 is 0 Å². The van der Waals surface area contributed by atoms with E-state index in [4.69, 9.17) is 15.0 Å². The van der Waals surface area contributed by atoms with Crippen LogP contribution in [0.2, 0.25) is 0 Å². The van der Waals surface area contributed by atoms with Crippen molar-refractivity contribution in [3.63, 3.8) is 0 Å². The Bertz CT molecular complexity index is 419. The summed E-state index contributed by atoms with van der Waals surface area (Å²) < 4.78 is 10.9. The Morgan fingerprint density at radius 3 is 3.05 bits per heavy atom. The van der Waals surface area contributed by atoms with Gasteiger partial charge in [-0.15, -0.1) is 6.58 Å². The van der Waals surface area contributed by atoms with Gasteiger partial charge >= 0.3 is 0 Å². The molecule has 0 bridgehead atoms. The van der Waals surface area contributed by atoms with E-state index in [1.165, 1.54) is 0 Å². The molecule has 2 rings (SSSR count). The summed E-state index contributed by atoms with van der Waals surface area (Å²) in [6.07, 6.45) is 2.22. The van der Waals surface area contributed by atoms with Gasteiger partial charge in [-0.2, -0.15) is 4.98 Å². The molecule has 6 nitrogen and oxygen atoms in total. The Morgan fingerprint density at radius 1 is 1.58 bits per heavy atom.